The molecular formula is C57H88N6O17. The molecule has 0 bridgehead atoms. The Bertz CT molecular complexity index is 1970. The van der Waals surface area contributed by atoms with Gasteiger partial charge in [-0.2, -0.15) is 0 Å². The molecule has 0 aliphatic carbocycles. The van der Waals surface area contributed by atoms with E-state index in [0.29, 0.717) is 44.1 Å². The number of hydrogen-bond acceptors (Lipinski definition) is 18. The third-order valence-electron chi connectivity index (χ3n) is 7.86. The number of amides is 5. The zero-order valence-corrected chi connectivity index (χ0v) is 47.8. The largest absolute Gasteiger partial charge is 0.499 e. The van der Waals surface area contributed by atoms with Crippen molar-refractivity contribution in [3.8, 4) is 5.75 Å². The number of para-hydroxylation sites is 1. The van der Waals surface area contributed by atoms with Gasteiger partial charge < -0.3 is 69.3 Å². The van der Waals surface area contributed by atoms with Crippen LogP contribution >= 0.6 is 0 Å². The van der Waals surface area contributed by atoms with Crippen LogP contribution in [0.1, 0.15) is 34.1 Å². The van der Waals surface area contributed by atoms with Crippen molar-refractivity contribution in [2.24, 2.45) is 0 Å². The molecule has 0 aliphatic heterocycles. The van der Waals surface area contributed by atoms with Gasteiger partial charge in [0.15, 0.2) is 0 Å². The number of nitrogens with one attached hydrogen (secondary N) is 4. The molecular weight excluding hydrogens is 1040 g/mol. The molecule has 1 rings (SSSR count). The summed E-state index contributed by atoms with van der Waals surface area (Å²) < 4.78 is 33.9. The van der Waals surface area contributed by atoms with Crippen molar-refractivity contribution in [3.05, 3.63) is 156 Å². The van der Waals surface area contributed by atoms with Gasteiger partial charge in [-0.1, -0.05) is 84.0 Å². The topological polar surface area (TPSA) is 293 Å². The highest BCUT2D eigenvalue weighted by atomic mass is 16.6. The predicted octanol–water partition coefficient (Wildman–Crippen LogP) is 4.02. The number of aliphatic hydroxyl groups excluding tert-OH is 1. The summed E-state index contributed by atoms with van der Waals surface area (Å²) in [6.07, 6.45) is 10.6. The fourth-order valence-electron chi connectivity index (χ4n) is 3.90. The fraction of sp³-hybridized carbons (Fsp3) is 0.386. The highest BCUT2D eigenvalue weighted by molar-refractivity contribution is 5.90. The number of nitrogens with zero attached hydrogens (tertiary/aromatic N) is 2. The van der Waals surface area contributed by atoms with Crippen LogP contribution in [0.3, 0.4) is 0 Å². The number of benzene rings is 1. The monoisotopic (exact) mass is 1130 g/mol. The Kier molecular flexibility index (Phi) is 65.0. The molecule has 0 heterocycles. The van der Waals surface area contributed by atoms with Crippen LogP contribution < -0.4 is 26.0 Å². The van der Waals surface area contributed by atoms with Crippen molar-refractivity contribution < 1.29 is 81.4 Å². The van der Waals surface area contributed by atoms with Crippen molar-refractivity contribution in [1.29, 1.82) is 0 Å². The van der Waals surface area contributed by atoms with E-state index in [1.807, 2.05) is 58.3 Å². The van der Waals surface area contributed by atoms with Crippen molar-refractivity contribution in [3.63, 3.8) is 0 Å². The maximum absolute atomic E-state index is 10.8. The first-order valence-corrected chi connectivity index (χ1v) is 24.5. The molecule has 0 fully saturated rings. The van der Waals surface area contributed by atoms with Gasteiger partial charge in [-0.3, -0.25) is 24.0 Å². The van der Waals surface area contributed by atoms with E-state index in [0.717, 1.165) is 68.7 Å². The molecule has 0 unspecified atom stereocenters. The van der Waals surface area contributed by atoms with Crippen LogP contribution in [-0.4, -0.2) is 181 Å². The Hall–Kier alpha value is -8.67. The first kappa shape index (κ1) is 82.7. The zero-order chi connectivity index (χ0) is 62.4. The van der Waals surface area contributed by atoms with E-state index < -0.39 is 23.9 Å². The fourth-order valence-corrected chi connectivity index (χ4v) is 3.90. The second-order valence-corrected chi connectivity index (χ2v) is 14.6. The summed E-state index contributed by atoms with van der Waals surface area (Å²) in [5.74, 6) is -2.06. The normalized spacial score (nSPS) is 8.85. The summed E-state index contributed by atoms with van der Waals surface area (Å²) in [7, 11) is 4.02. The molecule has 23 heteroatoms. The molecule has 80 heavy (non-hydrogen) atoms. The summed E-state index contributed by atoms with van der Waals surface area (Å²) in [5.41, 5.74) is 0.632. The Morgan fingerprint density at radius 2 is 0.950 bits per heavy atom. The van der Waals surface area contributed by atoms with Crippen LogP contribution in [0.5, 0.6) is 5.75 Å². The predicted molar refractivity (Wildman–Crippen MR) is 309 cm³/mol. The standard InChI is InChI=1S/C11H12O3.C10H14O4.C9H14O4.C8H16N2O.C7H10N2O2.C7H13NO.C5H9NO2/c1-2-11(12)14-9-8-13-10-6-4-3-5-7-10;1-7(2)9(11)13-5-6-14-10(12)8(3)4;1-3-9(10)13-8-7-12-6-5-11-4-2;1-4-8(11)9-6-5-7-10(2)3;1-3-6(10)8-5-9-7(11)4-2;1-4-7(9)8(5-2)6-3;1-2-5(8)6-3-4-7/h2-7H,1,8-9H2;1,3,5-6H2,2,4H3;3-4H,1-2,5-8H2;4H,1,5-7H2,2-3H3,(H,9,11);3-4H,1-2,5H2,(H,8,10)(H,9,11);4H,1,5-6H2,2-3H3;2,7H,1,3-4H2,(H,6,8). The average molecular weight is 1130 g/mol. The molecule has 0 saturated carbocycles. The first-order valence-electron chi connectivity index (χ1n) is 24.5. The number of rotatable bonds is 33. The molecule has 0 saturated heterocycles. The third-order valence-corrected chi connectivity index (χ3v) is 7.86. The lowest BCUT2D eigenvalue weighted by Crippen LogP contribution is -2.35. The minimum absolute atomic E-state index is 0.0139. The van der Waals surface area contributed by atoms with Gasteiger partial charge >= 0.3 is 23.9 Å². The lowest BCUT2D eigenvalue weighted by molar-refractivity contribution is -0.147. The van der Waals surface area contributed by atoms with Gasteiger partial charge in [0, 0.05) is 49.5 Å². The van der Waals surface area contributed by atoms with Gasteiger partial charge in [0.25, 0.3) is 0 Å². The molecule has 1 aromatic carbocycles. The summed E-state index contributed by atoms with van der Waals surface area (Å²) in [6, 6.07) is 9.35. The maximum atomic E-state index is 10.8. The lowest BCUT2D eigenvalue weighted by atomic mass is 10.3. The molecule has 0 aliphatic rings. The van der Waals surface area contributed by atoms with Gasteiger partial charge in [-0.05, 0) is 97.3 Å². The number of esters is 4. The Labute approximate surface area is 473 Å². The van der Waals surface area contributed by atoms with Crippen molar-refractivity contribution in [2.45, 2.75) is 34.1 Å². The Morgan fingerprint density at radius 3 is 1.31 bits per heavy atom. The SMILES string of the molecule is C=C(C)C(=O)OCCOC(=O)C(=C)C.C=CC(=O)N(CC)CC.C=CC(=O)NCCCN(C)C.C=CC(=O)NCCO.C=CC(=O)NCNC(=O)C=C.C=CC(=O)OCCOc1ccccc1.C=COCCOCCOC(=O)C=C. The molecule has 1 aromatic rings. The van der Waals surface area contributed by atoms with E-state index in [1.165, 1.54) is 18.4 Å². The second-order valence-electron chi connectivity index (χ2n) is 14.6. The summed E-state index contributed by atoms with van der Waals surface area (Å²) in [5, 5.41) is 18.0. The Balaban J connectivity index is -0.000000201. The van der Waals surface area contributed by atoms with E-state index in [1.54, 1.807) is 18.7 Å². The average Bonchev–Trinajstić information content (AvgIpc) is 3.46. The number of carbonyl (C=O) groups excluding carboxylic acids is 9. The third kappa shape index (κ3) is 67.3. The molecule has 448 valence electrons. The van der Waals surface area contributed by atoms with E-state index in [2.05, 4.69) is 106 Å². The van der Waals surface area contributed by atoms with Crippen LogP contribution in [0.2, 0.25) is 0 Å². The molecule has 0 spiro atoms. The minimum Gasteiger partial charge on any atom is -0.499 e. The van der Waals surface area contributed by atoms with Crippen LogP contribution in [-0.2, 0) is 71.6 Å². The lowest BCUT2D eigenvalue weighted by Gasteiger charge is -2.15. The molecule has 5 N–H and O–H groups in total. The van der Waals surface area contributed by atoms with Crippen molar-refractivity contribution in [1.82, 2.24) is 31.1 Å². The highest BCUT2D eigenvalue weighted by Gasteiger charge is 2.06. The van der Waals surface area contributed by atoms with Gasteiger partial charge in [-0.25, -0.2) is 19.2 Å². The molecule has 23 nitrogen and oxygen atoms in total. The van der Waals surface area contributed by atoms with Crippen LogP contribution in [0, 0.1) is 0 Å². The number of carbonyl (C=O) groups is 9. The number of ether oxygens (including phenoxy) is 7. The number of aliphatic hydroxyl groups is 1. The van der Waals surface area contributed by atoms with E-state index >= 15 is 0 Å². The summed E-state index contributed by atoms with van der Waals surface area (Å²) >= 11 is 0. The van der Waals surface area contributed by atoms with Crippen LogP contribution in [0.25, 0.3) is 0 Å². The molecule has 0 atom stereocenters. The molecule has 0 radical (unpaired) electrons. The van der Waals surface area contributed by atoms with Gasteiger partial charge in [0.2, 0.25) is 29.5 Å². The summed E-state index contributed by atoms with van der Waals surface area (Å²) in [6.45, 7) is 45.9. The van der Waals surface area contributed by atoms with Crippen molar-refractivity contribution in [2.75, 3.05) is 113 Å². The van der Waals surface area contributed by atoms with Gasteiger partial charge in [0.1, 0.15) is 45.4 Å². The van der Waals surface area contributed by atoms with Crippen LogP contribution in [0.4, 0.5) is 0 Å². The number of likely N-dealkylation sites (N-methyl/N-ethyl adjacent to an activating group) is 1. The van der Waals surface area contributed by atoms with E-state index in [9.17, 15) is 43.2 Å². The van der Waals surface area contributed by atoms with Gasteiger partial charge in [0.05, 0.1) is 32.8 Å². The summed E-state index contributed by atoms with van der Waals surface area (Å²) in [4.78, 5) is 99.2. The maximum Gasteiger partial charge on any atom is 0.333 e. The Morgan fingerprint density at radius 1 is 0.537 bits per heavy atom. The molecule has 0 aromatic heterocycles. The quantitative estimate of drug-likeness (QED) is 0.0166. The van der Waals surface area contributed by atoms with E-state index in [4.69, 9.17) is 24.1 Å². The highest BCUT2D eigenvalue weighted by Crippen LogP contribution is 2.07. The smallest absolute Gasteiger partial charge is 0.333 e. The second kappa shape index (κ2) is 62.9. The first-order chi connectivity index (χ1) is 38.0. The van der Waals surface area contributed by atoms with Crippen LogP contribution in [0.15, 0.2) is 156 Å². The molecule has 5 amide bonds. The zero-order valence-electron chi connectivity index (χ0n) is 47.8. The van der Waals surface area contributed by atoms with Crippen molar-refractivity contribution >= 4 is 53.4 Å². The number of hydrogen-bond donors (Lipinski definition) is 5. The minimum atomic E-state index is -0.489. The van der Waals surface area contributed by atoms with E-state index in [-0.39, 0.29) is 69.2 Å². The van der Waals surface area contributed by atoms with Gasteiger partial charge in [-0.15, -0.1) is 0 Å².